The molecule has 0 fully saturated rings. The number of hydrogen-bond acceptors (Lipinski definition) is 3. The lowest BCUT2D eigenvalue weighted by molar-refractivity contribution is -0.134. The van der Waals surface area contributed by atoms with Gasteiger partial charge in [0.25, 0.3) is 0 Å². The van der Waals surface area contributed by atoms with E-state index in [2.05, 4.69) is 35.8 Å². The van der Waals surface area contributed by atoms with Crippen LogP contribution in [0, 0.1) is 13.8 Å². The minimum absolute atomic E-state index is 0.244. The fourth-order valence-corrected chi connectivity index (χ4v) is 2.99. The number of esters is 1. The third kappa shape index (κ3) is 4.38. The summed E-state index contributed by atoms with van der Waals surface area (Å²) < 4.78 is 12.4. The Balaban J connectivity index is 2.23. The molecule has 0 aromatic heterocycles. The molecular weight excluding hydrogens is 368 g/mol. The molecule has 0 aliphatic carbocycles. The summed E-state index contributed by atoms with van der Waals surface area (Å²) in [4.78, 5) is 11.6. The molecule has 0 bridgehead atoms. The number of halogens is 1. The van der Waals surface area contributed by atoms with Crippen molar-refractivity contribution in [2.24, 2.45) is 0 Å². The van der Waals surface area contributed by atoms with Gasteiger partial charge >= 0.3 is 5.97 Å². The Labute approximate surface area is 152 Å². The van der Waals surface area contributed by atoms with Crippen molar-refractivity contribution in [1.29, 1.82) is 0 Å². The summed E-state index contributed by atoms with van der Waals surface area (Å²) in [5.74, 6) is 1.12. The molecule has 0 saturated heterocycles. The van der Waals surface area contributed by atoms with Gasteiger partial charge in [-0.1, -0.05) is 26.0 Å². The molecule has 0 amide bonds. The van der Waals surface area contributed by atoms with Crippen molar-refractivity contribution in [3.63, 3.8) is 0 Å². The summed E-state index contributed by atoms with van der Waals surface area (Å²) in [6.45, 7) is 8.34. The van der Waals surface area contributed by atoms with Crippen LogP contribution in [0.3, 0.4) is 0 Å². The molecule has 0 spiro atoms. The number of rotatable bonds is 6. The van der Waals surface area contributed by atoms with Gasteiger partial charge in [-0.2, -0.15) is 0 Å². The number of ether oxygens (including phenoxy) is 2. The number of hydrogen-bond donors (Lipinski definition) is 0. The standard InChI is InChI=1S/C20H23BrO3/c1-5-15-11-17(21)19(10-14(15)4)23-12-16-13(3)8-7-9-18(16)24-20(22)6-2/h7-11H,5-6,12H2,1-4H3. The molecule has 24 heavy (non-hydrogen) atoms. The molecule has 2 aromatic rings. The summed E-state index contributed by atoms with van der Waals surface area (Å²) in [6, 6.07) is 9.81. The van der Waals surface area contributed by atoms with E-state index < -0.39 is 0 Å². The summed E-state index contributed by atoms with van der Waals surface area (Å²) in [5.41, 5.74) is 4.43. The number of carbonyl (C=O) groups is 1. The van der Waals surface area contributed by atoms with Gasteiger partial charge in [0.2, 0.25) is 0 Å². The summed E-state index contributed by atoms with van der Waals surface area (Å²) in [5, 5.41) is 0. The molecule has 0 unspecified atom stereocenters. The minimum atomic E-state index is -0.244. The second-order valence-electron chi connectivity index (χ2n) is 5.73. The monoisotopic (exact) mass is 390 g/mol. The van der Waals surface area contributed by atoms with Crippen molar-refractivity contribution >= 4 is 21.9 Å². The van der Waals surface area contributed by atoms with Gasteiger partial charge in [-0.05, 0) is 71.1 Å². The van der Waals surface area contributed by atoms with Crippen molar-refractivity contribution < 1.29 is 14.3 Å². The highest BCUT2D eigenvalue weighted by atomic mass is 79.9. The van der Waals surface area contributed by atoms with Crippen LogP contribution in [-0.4, -0.2) is 5.97 Å². The van der Waals surface area contributed by atoms with Gasteiger partial charge in [-0.25, -0.2) is 0 Å². The van der Waals surface area contributed by atoms with Crippen molar-refractivity contribution in [3.05, 3.63) is 57.1 Å². The number of aryl methyl sites for hydroxylation is 3. The zero-order chi connectivity index (χ0) is 17.7. The Morgan fingerprint density at radius 2 is 1.83 bits per heavy atom. The van der Waals surface area contributed by atoms with E-state index in [4.69, 9.17) is 9.47 Å². The Hall–Kier alpha value is -1.81. The Kier molecular flexibility index (Phi) is 6.44. The van der Waals surface area contributed by atoms with Crippen LogP contribution >= 0.6 is 15.9 Å². The van der Waals surface area contributed by atoms with Crippen LogP contribution in [0.2, 0.25) is 0 Å². The Morgan fingerprint density at radius 3 is 2.50 bits per heavy atom. The molecule has 2 rings (SSSR count). The molecule has 3 nitrogen and oxygen atoms in total. The van der Waals surface area contributed by atoms with E-state index in [1.54, 1.807) is 13.0 Å². The maximum atomic E-state index is 11.6. The molecule has 0 N–H and O–H groups in total. The van der Waals surface area contributed by atoms with Crippen LogP contribution in [0.4, 0.5) is 0 Å². The van der Waals surface area contributed by atoms with Gasteiger partial charge in [0.05, 0.1) is 4.47 Å². The smallest absolute Gasteiger partial charge is 0.310 e. The molecule has 4 heteroatoms. The highest BCUT2D eigenvalue weighted by Gasteiger charge is 2.12. The normalized spacial score (nSPS) is 10.5. The quantitative estimate of drug-likeness (QED) is 0.480. The molecule has 0 atom stereocenters. The number of benzene rings is 2. The molecule has 0 heterocycles. The number of carbonyl (C=O) groups excluding carboxylic acids is 1. The van der Waals surface area contributed by atoms with Crippen molar-refractivity contribution in [2.75, 3.05) is 0 Å². The first kappa shape index (κ1) is 18.5. The van der Waals surface area contributed by atoms with Gasteiger partial charge in [-0.15, -0.1) is 0 Å². The SMILES string of the molecule is CCC(=O)Oc1cccc(C)c1COc1cc(C)c(CC)cc1Br. The van der Waals surface area contributed by atoms with E-state index in [-0.39, 0.29) is 5.97 Å². The predicted octanol–water partition coefficient (Wildman–Crippen LogP) is 5.52. The molecule has 0 aliphatic heterocycles. The van der Waals surface area contributed by atoms with Gasteiger partial charge in [0, 0.05) is 12.0 Å². The first-order valence-corrected chi connectivity index (χ1v) is 8.96. The van der Waals surface area contributed by atoms with Crippen LogP contribution in [0.25, 0.3) is 0 Å². The fraction of sp³-hybridized carbons (Fsp3) is 0.350. The third-order valence-corrected chi connectivity index (χ3v) is 4.64. The van der Waals surface area contributed by atoms with E-state index in [1.165, 1.54) is 11.1 Å². The highest BCUT2D eigenvalue weighted by molar-refractivity contribution is 9.10. The van der Waals surface area contributed by atoms with E-state index in [0.717, 1.165) is 27.8 Å². The van der Waals surface area contributed by atoms with Crippen LogP contribution in [0.5, 0.6) is 11.5 Å². The molecule has 0 aliphatic rings. The highest BCUT2D eigenvalue weighted by Crippen LogP contribution is 2.31. The van der Waals surface area contributed by atoms with Gasteiger partial charge in [0.15, 0.2) is 0 Å². The minimum Gasteiger partial charge on any atom is -0.488 e. The zero-order valence-electron chi connectivity index (χ0n) is 14.6. The lowest BCUT2D eigenvalue weighted by Crippen LogP contribution is -2.09. The van der Waals surface area contributed by atoms with Crippen LogP contribution in [-0.2, 0) is 17.8 Å². The van der Waals surface area contributed by atoms with Crippen molar-refractivity contribution in [3.8, 4) is 11.5 Å². The second-order valence-corrected chi connectivity index (χ2v) is 6.58. The average Bonchev–Trinajstić information content (AvgIpc) is 2.56. The fourth-order valence-electron chi connectivity index (χ4n) is 2.49. The summed E-state index contributed by atoms with van der Waals surface area (Å²) in [6.07, 6.45) is 1.33. The largest absolute Gasteiger partial charge is 0.488 e. The van der Waals surface area contributed by atoms with Gasteiger partial charge in [-0.3, -0.25) is 4.79 Å². The maximum absolute atomic E-state index is 11.6. The first-order chi connectivity index (χ1) is 11.5. The predicted molar refractivity (Wildman–Crippen MR) is 99.7 cm³/mol. The van der Waals surface area contributed by atoms with Crippen LogP contribution < -0.4 is 9.47 Å². The van der Waals surface area contributed by atoms with E-state index in [0.29, 0.717) is 18.8 Å². The van der Waals surface area contributed by atoms with Crippen LogP contribution in [0.1, 0.15) is 42.5 Å². The lowest BCUT2D eigenvalue weighted by atomic mass is 10.1. The van der Waals surface area contributed by atoms with E-state index >= 15 is 0 Å². The Bertz CT molecular complexity index is 738. The van der Waals surface area contributed by atoms with E-state index in [9.17, 15) is 4.79 Å². The van der Waals surface area contributed by atoms with Crippen molar-refractivity contribution in [1.82, 2.24) is 0 Å². The topological polar surface area (TPSA) is 35.5 Å². The second kappa shape index (κ2) is 8.34. The first-order valence-electron chi connectivity index (χ1n) is 8.17. The van der Waals surface area contributed by atoms with E-state index in [1.807, 2.05) is 25.1 Å². The zero-order valence-corrected chi connectivity index (χ0v) is 16.2. The molecule has 2 aromatic carbocycles. The molecular formula is C20H23BrO3. The average molecular weight is 391 g/mol. The van der Waals surface area contributed by atoms with Gasteiger partial charge in [0.1, 0.15) is 18.1 Å². The molecule has 0 saturated carbocycles. The summed E-state index contributed by atoms with van der Waals surface area (Å²) in [7, 11) is 0. The molecule has 0 radical (unpaired) electrons. The summed E-state index contributed by atoms with van der Waals surface area (Å²) >= 11 is 3.57. The molecule has 128 valence electrons. The third-order valence-electron chi connectivity index (χ3n) is 4.02. The lowest BCUT2D eigenvalue weighted by Gasteiger charge is -2.15. The van der Waals surface area contributed by atoms with Crippen LogP contribution in [0.15, 0.2) is 34.8 Å². The Morgan fingerprint density at radius 1 is 1.08 bits per heavy atom. The van der Waals surface area contributed by atoms with Gasteiger partial charge < -0.3 is 9.47 Å². The van der Waals surface area contributed by atoms with Crippen molar-refractivity contribution in [2.45, 2.75) is 47.1 Å². The maximum Gasteiger partial charge on any atom is 0.310 e.